The Hall–Kier alpha value is -2.29. The Morgan fingerprint density at radius 3 is 2.92 bits per heavy atom. The van der Waals surface area contributed by atoms with Gasteiger partial charge in [-0.1, -0.05) is 53.3 Å². The van der Waals surface area contributed by atoms with Crippen LogP contribution in [0.15, 0.2) is 41.9 Å². The van der Waals surface area contributed by atoms with E-state index >= 15 is 0 Å². The molecule has 4 aromatic rings. The molecule has 0 unspecified atom stereocenters. The third kappa shape index (κ3) is 2.91. The average molecular weight is 376 g/mol. The number of thiazole rings is 1. The summed E-state index contributed by atoms with van der Waals surface area (Å²) in [5.41, 5.74) is 1.44. The van der Waals surface area contributed by atoms with Crippen LogP contribution in [0.3, 0.4) is 0 Å². The third-order valence-electron chi connectivity index (χ3n) is 3.32. The molecule has 24 heavy (non-hydrogen) atoms. The SMILES string of the molecule is O=C(Nc1nnc(Cc2ccccc2)s1)c1c(Cl)nc2sccn12. The lowest BCUT2D eigenvalue weighted by Crippen LogP contribution is -2.14. The van der Waals surface area contributed by atoms with Crippen LogP contribution in [0.2, 0.25) is 5.15 Å². The minimum Gasteiger partial charge on any atom is -0.295 e. The second kappa shape index (κ2) is 6.31. The zero-order chi connectivity index (χ0) is 16.5. The Morgan fingerprint density at radius 1 is 1.25 bits per heavy atom. The zero-order valence-electron chi connectivity index (χ0n) is 12.1. The molecule has 1 aromatic carbocycles. The first-order valence-electron chi connectivity index (χ1n) is 6.99. The molecule has 0 aliphatic rings. The van der Waals surface area contributed by atoms with Crippen LogP contribution in [0.4, 0.5) is 5.13 Å². The molecular weight excluding hydrogens is 366 g/mol. The van der Waals surface area contributed by atoms with Crippen LogP contribution in [0.25, 0.3) is 4.96 Å². The third-order valence-corrected chi connectivity index (χ3v) is 5.18. The Labute approximate surface area is 149 Å². The van der Waals surface area contributed by atoms with Crippen LogP contribution in [0.1, 0.15) is 21.1 Å². The van der Waals surface area contributed by atoms with Gasteiger partial charge in [-0.3, -0.25) is 14.5 Å². The fraction of sp³-hybridized carbons (Fsp3) is 0.0667. The van der Waals surface area contributed by atoms with Gasteiger partial charge in [0.1, 0.15) is 5.01 Å². The second-order valence-corrected chi connectivity index (χ2v) is 7.22. The highest BCUT2D eigenvalue weighted by Gasteiger charge is 2.20. The fourth-order valence-electron chi connectivity index (χ4n) is 2.26. The van der Waals surface area contributed by atoms with Gasteiger partial charge in [0.2, 0.25) is 5.13 Å². The van der Waals surface area contributed by atoms with Crippen molar-refractivity contribution in [1.29, 1.82) is 0 Å². The van der Waals surface area contributed by atoms with Crippen molar-refractivity contribution in [3.63, 3.8) is 0 Å². The van der Waals surface area contributed by atoms with E-state index in [4.69, 9.17) is 11.6 Å². The number of amides is 1. The van der Waals surface area contributed by atoms with Crippen LogP contribution in [-0.2, 0) is 6.42 Å². The number of rotatable bonds is 4. The lowest BCUT2D eigenvalue weighted by atomic mass is 10.2. The Morgan fingerprint density at radius 2 is 2.08 bits per heavy atom. The molecule has 3 heterocycles. The molecular formula is C15H10ClN5OS2. The Kier molecular flexibility index (Phi) is 4.01. The van der Waals surface area contributed by atoms with E-state index in [9.17, 15) is 4.79 Å². The number of carbonyl (C=O) groups is 1. The van der Waals surface area contributed by atoms with Gasteiger partial charge in [0.05, 0.1) is 0 Å². The first kappa shape index (κ1) is 15.3. The largest absolute Gasteiger partial charge is 0.295 e. The summed E-state index contributed by atoms with van der Waals surface area (Å²) in [5, 5.41) is 14.2. The molecule has 120 valence electrons. The van der Waals surface area contributed by atoms with Crippen LogP contribution in [0.5, 0.6) is 0 Å². The predicted molar refractivity (Wildman–Crippen MR) is 95.2 cm³/mol. The molecule has 0 aliphatic heterocycles. The molecule has 0 spiro atoms. The zero-order valence-corrected chi connectivity index (χ0v) is 14.5. The molecule has 1 N–H and O–H groups in total. The number of nitrogens with zero attached hydrogens (tertiary/aromatic N) is 4. The first-order valence-corrected chi connectivity index (χ1v) is 9.07. The smallest absolute Gasteiger partial charge is 0.277 e. The number of anilines is 1. The van der Waals surface area contributed by atoms with E-state index in [0.29, 0.717) is 22.2 Å². The van der Waals surface area contributed by atoms with E-state index in [-0.39, 0.29) is 11.1 Å². The summed E-state index contributed by atoms with van der Waals surface area (Å²) in [6.07, 6.45) is 2.44. The van der Waals surface area contributed by atoms with Gasteiger partial charge >= 0.3 is 0 Å². The number of carbonyl (C=O) groups excluding carboxylic acids is 1. The van der Waals surface area contributed by atoms with E-state index in [2.05, 4.69) is 20.5 Å². The van der Waals surface area contributed by atoms with Gasteiger partial charge in [0.25, 0.3) is 5.91 Å². The second-order valence-electron chi connectivity index (χ2n) is 4.92. The summed E-state index contributed by atoms with van der Waals surface area (Å²) in [6, 6.07) is 9.98. The van der Waals surface area contributed by atoms with Crippen molar-refractivity contribution in [2.24, 2.45) is 0 Å². The normalized spacial score (nSPS) is 11.0. The van der Waals surface area contributed by atoms with Crippen molar-refractivity contribution < 1.29 is 4.79 Å². The number of fused-ring (bicyclic) bond motifs is 1. The number of aromatic nitrogens is 4. The average Bonchev–Trinajstić information content (AvgIpc) is 3.24. The Balaban J connectivity index is 1.52. The van der Waals surface area contributed by atoms with E-state index in [1.54, 1.807) is 10.6 Å². The van der Waals surface area contributed by atoms with Crippen molar-refractivity contribution in [2.75, 3.05) is 5.32 Å². The van der Waals surface area contributed by atoms with Crippen molar-refractivity contribution in [1.82, 2.24) is 19.6 Å². The molecule has 6 nitrogen and oxygen atoms in total. The predicted octanol–water partition coefficient (Wildman–Crippen LogP) is 3.74. The molecule has 9 heteroatoms. The molecule has 0 bridgehead atoms. The molecule has 0 saturated heterocycles. The van der Waals surface area contributed by atoms with Gasteiger partial charge in [0.15, 0.2) is 15.8 Å². The highest BCUT2D eigenvalue weighted by atomic mass is 35.5. The van der Waals surface area contributed by atoms with Crippen LogP contribution < -0.4 is 5.32 Å². The Bertz CT molecular complexity index is 1010. The topological polar surface area (TPSA) is 72.2 Å². The van der Waals surface area contributed by atoms with Gasteiger partial charge in [-0.15, -0.1) is 21.5 Å². The fourth-order valence-corrected chi connectivity index (χ4v) is 4.05. The number of benzene rings is 1. The monoisotopic (exact) mass is 375 g/mol. The highest BCUT2D eigenvalue weighted by Crippen LogP contribution is 2.24. The lowest BCUT2D eigenvalue weighted by Gasteiger charge is -2.00. The molecule has 0 aliphatic carbocycles. The van der Waals surface area contributed by atoms with Gasteiger partial charge < -0.3 is 0 Å². The summed E-state index contributed by atoms with van der Waals surface area (Å²) in [6.45, 7) is 0. The summed E-state index contributed by atoms with van der Waals surface area (Å²) >= 11 is 8.82. The number of hydrogen-bond donors (Lipinski definition) is 1. The van der Waals surface area contributed by atoms with Crippen molar-refractivity contribution in [3.05, 3.63) is 63.3 Å². The molecule has 4 rings (SSSR count). The van der Waals surface area contributed by atoms with Gasteiger partial charge in [0, 0.05) is 18.0 Å². The molecule has 1 amide bonds. The van der Waals surface area contributed by atoms with Crippen LogP contribution in [0, 0.1) is 0 Å². The van der Waals surface area contributed by atoms with E-state index < -0.39 is 0 Å². The van der Waals surface area contributed by atoms with Gasteiger partial charge in [-0.2, -0.15) is 0 Å². The maximum absolute atomic E-state index is 12.5. The van der Waals surface area contributed by atoms with E-state index in [1.807, 2.05) is 35.7 Å². The molecule has 0 fully saturated rings. The lowest BCUT2D eigenvalue weighted by molar-refractivity contribution is 0.102. The summed E-state index contributed by atoms with van der Waals surface area (Å²) in [7, 11) is 0. The standard InChI is InChI=1S/C15H10ClN5OS2/c16-12-11(21-6-7-23-15(21)17-12)13(22)18-14-20-19-10(24-14)8-9-4-2-1-3-5-9/h1-7H,8H2,(H,18,20,22). The van der Waals surface area contributed by atoms with Crippen molar-refractivity contribution in [2.45, 2.75) is 6.42 Å². The minimum absolute atomic E-state index is 0.174. The maximum atomic E-state index is 12.5. The number of halogens is 1. The molecule has 0 atom stereocenters. The molecule has 0 saturated carbocycles. The number of hydrogen-bond acceptors (Lipinski definition) is 6. The highest BCUT2D eigenvalue weighted by molar-refractivity contribution is 7.15. The summed E-state index contributed by atoms with van der Waals surface area (Å²) in [5.74, 6) is -0.353. The quantitative estimate of drug-likeness (QED) is 0.589. The number of imidazole rings is 1. The van der Waals surface area contributed by atoms with E-state index in [1.165, 1.54) is 22.7 Å². The number of nitrogens with one attached hydrogen (secondary N) is 1. The van der Waals surface area contributed by atoms with Crippen LogP contribution in [-0.4, -0.2) is 25.5 Å². The molecule has 0 radical (unpaired) electrons. The van der Waals surface area contributed by atoms with E-state index in [0.717, 1.165) is 10.6 Å². The molecule has 3 aromatic heterocycles. The summed E-state index contributed by atoms with van der Waals surface area (Å²) in [4.78, 5) is 17.3. The van der Waals surface area contributed by atoms with Crippen LogP contribution >= 0.6 is 34.3 Å². The van der Waals surface area contributed by atoms with Crippen molar-refractivity contribution >= 4 is 50.3 Å². The maximum Gasteiger partial charge on any atom is 0.277 e. The summed E-state index contributed by atoms with van der Waals surface area (Å²) < 4.78 is 1.66. The van der Waals surface area contributed by atoms with Crippen molar-refractivity contribution in [3.8, 4) is 0 Å². The van der Waals surface area contributed by atoms with Gasteiger partial charge in [-0.25, -0.2) is 4.98 Å². The minimum atomic E-state index is -0.353. The first-order chi connectivity index (χ1) is 11.7. The van der Waals surface area contributed by atoms with Gasteiger partial charge in [-0.05, 0) is 5.56 Å².